The average molecular weight is 278 g/mol. The molecule has 3 atom stereocenters. The molecule has 3 nitrogen and oxygen atoms in total. The first-order valence-corrected chi connectivity index (χ1v) is 8.55. The minimum absolute atomic E-state index is 0.0194. The summed E-state index contributed by atoms with van der Waals surface area (Å²) in [6, 6.07) is 0.437. The van der Waals surface area contributed by atoms with Crippen LogP contribution in [0.25, 0.3) is 0 Å². The minimum Gasteiger partial charge on any atom is -0.339 e. The Morgan fingerprint density at radius 2 is 2.00 bits per heavy atom. The van der Waals surface area contributed by atoms with Crippen molar-refractivity contribution < 1.29 is 4.79 Å². The predicted octanol–water partition coefficient (Wildman–Crippen LogP) is 2.66. The number of nitrogens with one attached hydrogen (secondary N) is 1. The van der Waals surface area contributed by atoms with Gasteiger partial charge in [0, 0.05) is 31.1 Å². The van der Waals surface area contributed by atoms with Crippen molar-refractivity contribution in [2.24, 2.45) is 23.2 Å². The number of fused-ring (bicyclic) bond motifs is 1. The third-order valence-electron chi connectivity index (χ3n) is 6.01. The molecule has 1 saturated carbocycles. The lowest BCUT2D eigenvalue weighted by molar-refractivity contribution is -0.144. The Bertz CT molecular complexity index is 373. The van der Waals surface area contributed by atoms with Crippen LogP contribution < -0.4 is 5.32 Å². The number of amides is 1. The molecule has 2 aliphatic heterocycles. The molecule has 114 valence electrons. The van der Waals surface area contributed by atoms with Crippen LogP contribution in [0.3, 0.4) is 0 Å². The van der Waals surface area contributed by atoms with Gasteiger partial charge in [-0.15, -0.1) is 0 Å². The van der Waals surface area contributed by atoms with Crippen LogP contribution in [0.5, 0.6) is 0 Å². The Morgan fingerprint density at radius 1 is 1.30 bits per heavy atom. The second-order valence-corrected chi connectivity index (χ2v) is 7.87. The van der Waals surface area contributed by atoms with Crippen LogP contribution in [-0.4, -0.2) is 36.5 Å². The predicted molar refractivity (Wildman–Crippen MR) is 81.4 cm³/mol. The van der Waals surface area contributed by atoms with Crippen molar-refractivity contribution in [3.8, 4) is 0 Å². The van der Waals surface area contributed by atoms with E-state index in [1.54, 1.807) is 0 Å². The maximum Gasteiger partial charge on any atom is 0.229 e. The summed E-state index contributed by atoms with van der Waals surface area (Å²) in [5.41, 5.74) is -0.0194. The van der Waals surface area contributed by atoms with Gasteiger partial charge >= 0.3 is 0 Å². The number of nitrogens with zero attached hydrogens (tertiary/aromatic N) is 1. The summed E-state index contributed by atoms with van der Waals surface area (Å²) in [4.78, 5) is 15.5. The Balaban J connectivity index is 1.77. The van der Waals surface area contributed by atoms with Gasteiger partial charge in [0.2, 0.25) is 5.91 Å². The van der Waals surface area contributed by atoms with Gasteiger partial charge in [-0.1, -0.05) is 26.7 Å². The standard InChI is InChI=1S/C17H30N2O/c1-12(2)8-17(6-4-5-7-17)16(20)19-11-14-9-18-10-15(14)13(19)3/h12-15,18H,4-11H2,1-3H3. The lowest BCUT2D eigenvalue weighted by atomic mass is 9.77. The van der Waals surface area contributed by atoms with Crippen molar-refractivity contribution in [1.29, 1.82) is 0 Å². The van der Waals surface area contributed by atoms with Gasteiger partial charge < -0.3 is 10.2 Å². The SMILES string of the molecule is CC(C)CC1(C(=O)N2CC3CNCC3C2C)CCCC1. The molecule has 3 rings (SSSR count). The summed E-state index contributed by atoms with van der Waals surface area (Å²) in [5, 5.41) is 3.49. The smallest absolute Gasteiger partial charge is 0.229 e. The fourth-order valence-electron chi connectivity index (χ4n) is 5.08. The van der Waals surface area contributed by atoms with Gasteiger partial charge in [0.15, 0.2) is 0 Å². The van der Waals surface area contributed by atoms with Crippen LogP contribution in [0.2, 0.25) is 0 Å². The Hall–Kier alpha value is -0.570. The van der Waals surface area contributed by atoms with E-state index in [2.05, 4.69) is 31.0 Å². The fourth-order valence-corrected chi connectivity index (χ4v) is 5.08. The van der Waals surface area contributed by atoms with Crippen molar-refractivity contribution in [1.82, 2.24) is 10.2 Å². The van der Waals surface area contributed by atoms with E-state index in [0.29, 0.717) is 29.7 Å². The molecule has 0 aromatic carbocycles. The molecular formula is C17H30N2O. The molecule has 1 amide bonds. The molecule has 3 fully saturated rings. The molecule has 3 heteroatoms. The first kappa shape index (κ1) is 14.4. The number of likely N-dealkylation sites (tertiary alicyclic amines) is 1. The second kappa shape index (κ2) is 5.32. The maximum absolute atomic E-state index is 13.3. The molecule has 1 N–H and O–H groups in total. The van der Waals surface area contributed by atoms with E-state index < -0.39 is 0 Å². The molecule has 0 radical (unpaired) electrons. The van der Waals surface area contributed by atoms with E-state index in [1.165, 1.54) is 12.8 Å². The first-order chi connectivity index (χ1) is 9.53. The van der Waals surface area contributed by atoms with Crippen LogP contribution in [0.4, 0.5) is 0 Å². The monoisotopic (exact) mass is 278 g/mol. The van der Waals surface area contributed by atoms with E-state index in [4.69, 9.17) is 0 Å². The van der Waals surface area contributed by atoms with Gasteiger partial charge in [0.1, 0.15) is 0 Å². The maximum atomic E-state index is 13.3. The summed E-state index contributed by atoms with van der Waals surface area (Å²) in [5.74, 6) is 2.50. The van der Waals surface area contributed by atoms with Crippen molar-refractivity contribution in [3.05, 3.63) is 0 Å². The minimum atomic E-state index is -0.0194. The summed E-state index contributed by atoms with van der Waals surface area (Å²) >= 11 is 0. The van der Waals surface area contributed by atoms with Gasteiger partial charge in [-0.25, -0.2) is 0 Å². The van der Waals surface area contributed by atoms with E-state index >= 15 is 0 Å². The number of carbonyl (C=O) groups is 1. The van der Waals surface area contributed by atoms with Crippen LogP contribution >= 0.6 is 0 Å². The fraction of sp³-hybridized carbons (Fsp3) is 0.941. The van der Waals surface area contributed by atoms with E-state index in [9.17, 15) is 4.79 Å². The largest absolute Gasteiger partial charge is 0.339 e. The molecule has 0 spiro atoms. The van der Waals surface area contributed by atoms with Crippen LogP contribution in [0, 0.1) is 23.2 Å². The number of carbonyl (C=O) groups excluding carboxylic acids is 1. The highest BCUT2D eigenvalue weighted by Crippen LogP contribution is 2.46. The molecular weight excluding hydrogens is 248 g/mol. The topological polar surface area (TPSA) is 32.3 Å². The van der Waals surface area contributed by atoms with Crippen molar-refractivity contribution in [2.75, 3.05) is 19.6 Å². The quantitative estimate of drug-likeness (QED) is 0.861. The molecule has 3 aliphatic rings. The average Bonchev–Trinajstić information content (AvgIpc) is 3.07. The third kappa shape index (κ3) is 2.28. The normalized spacial score (nSPS) is 35.8. The van der Waals surface area contributed by atoms with Gasteiger partial charge in [0.25, 0.3) is 0 Å². The molecule has 1 aliphatic carbocycles. The van der Waals surface area contributed by atoms with E-state index in [1.807, 2.05) is 0 Å². The van der Waals surface area contributed by atoms with Gasteiger partial charge in [-0.2, -0.15) is 0 Å². The zero-order valence-corrected chi connectivity index (χ0v) is 13.3. The van der Waals surface area contributed by atoms with E-state index in [0.717, 1.165) is 38.9 Å². The summed E-state index contributed by atoms with van der Waals surface area (Å²) in [7, 11) is 0. The lowest BCUT2D eigenvalue weighted by Gasteiger charge is -2.36. The molecule has 20 heavy (non-hydrogen) atoms. The highest BCUT2D eigenvalue weighted by atomic mass is 16.2. The zero-order valence-electron chi connectivity index (χ0n) is 13.3. The number of hydrogen-bond acceptors (Lipinski definition) is 2. The third-order valence-corrected chi connectivity index (χ3v) is 6.01. The van der Waals surface area contributed by atoms with Gasteiger partial charge in [0.05, 0.1) is 0 Å². The summed E-state index contributed by atoms with van der Waals surface area (Å²) < 4.78 is 0. The molecule has 0 aromatic heterocycles. The highest BCUT2D eigenvalue weighted by Gasteiger charge is 2.50. The molecule has 2 heterocycles. The number of hydrogen-bond donors (Lipinski definition) is 1. The van der Waals surface area contributed by atoms with Crippen LogP contribution in [0.1, 0.15) is 52.9 Å². The molecule has 0 aromatic rings. The Kier molecular flexibility index (Phi) is 3.83. The van der Waals surface area contributed by atoms with Crippen molar-refractivity contribution in [3.63, 3.8) is 0 Å². The van der Waals surface area contributed by atoms with Crippen LogP contribution in [-0.2, 0) is 4.79 Å². The highest BCUT2D eigenvalue weighted by molar-refractivity contribution is 5.83. The molecule has 3 unspecified atom stereocenters. The summed E-state index contributed by atoms with van der Waals surface area (Å²) in [6.45, 7) is 10.0. The lowest BCUT2D eigenvalue weighted by Crippen LogP contribution is -2.46. The van der Waals surface area contributed by atoms with Gasteiger partial charge in [-0.05, 0) is 43.9 Å². The second-order valence-electron chi connectivity index (χ2n) is 7.87. The Morgan fingerprint density at radius 3 is 2.60 bits per heavy atom. The molecule has 0 bridgehead atoms. The Labute approximate surface area is 123 Å². The van der Waals surface area contributed by atoms with E-state index in [-0.39, 0.29) is 5.41 Å². The van der Waals surface area contributed by atoms with Gasteiger partial charge in [-0.3, -0.25) is 4.79 Å². The first-order valence-electron chi connectivity index (χ1n) is 8.55. The van der Waals surface area contributed by atoms with Crippen molar-refractivity contribution >= 4 is 5.91 Å². The summed E-state index contributed by atoms with van der Waals surface area (Å²) in [6.07, 6.45) is 5.83. The van der Waals surface area contributed by atoms with Crippen molar-refractivity contribution in [2.45, 2.75) is 58.9 Å². The van der Waals surface area contributed by atoms with Crippen LogP contribution in [0.15, 0.2) is 0 Å². The zero-order chi connectivity index (χ0) is 14.3. The number of rotatable bonds is 3. The molecule has 2 saturated heterocycles.